The van der Waals surface area contributed by atoms with E-state index in [-0.39, 0.29) is 17.5 Å². The lowest BCUT2D eigenvalue weighted by Crippen LogP contribution is -2.10. The van der Waals surface area contributed by atoms with Gasteiger partial charge in [-0.25, -0.2) is 9.37 Å². The first-order valence-electron chi connectivity index (χ1n) is 9.22. The smallest absolute Gasteiger partial charge is 0.387 e. The van der Waals surface area contributed by atoms with Crippen molar-refractivity contribution in [3.05, 3.63) is 52.9 Å². The molecule has 0 bridgehead atoms. The van der Waals surface area contributed by atoms with Crippen molar-refractivity contribution in [3.8, 4) is 11.6 Å². The number of imidazole rings is 1. The molecule has 1 aliphatic rings. The number of nitrogens with one attached hydrogen (secondary N) is 1. The summed E-state index contributed by atoms with van der Waals surface area (Å²) in [6.45, 7) is 0.837. The summed E-state index contributed by atoms with van der Waals surface area (Å²) in [5.74, 6) is 0.151. The molecule has 7 nitrogen and oxygen atoms in total. The van der Waals surface area contributed by atoms with Gasteiger partial charge in [0.25, 0.3) is 0 Å². The van der Waals surface area contributed by atoms with Gasteiger partial charge >= 0.3 is 6.61 Å². The van der Waals surface area contributed by atoms with E-state index in [0.717, 1.165) is 42.2 Å². The SMILES string of the molecule is CC1=Cc2nc(C)n(-c3cc(N)nc(Nc4ccc(OC(F)F)c(F)c4)n3)c2CC1. The fourth-order valence-corrected chi connectivity index (χ4v) is 3.40. The molecule has 0 fully saturated rings. The molecule has 0 saturated carbocycles. The Kier molecular flexibility index (Phi) is 5.06. The number of hydrogen-bond acceptors (Lipinski definition) is 6. The number of benzene rings is 1. The van der Waals surface area contributed by atoms with Crippen LogP contribution in [0.3, 0.4) is 0 Å². The molecule has 0 radical (unpaired) electrons. The summed E-state index contributed by atoms with van der Waals surface area (Å²) in [6, 6.07) is 5.13. The van der Waals surface area contributed by atoms with Gasteiger partial charge in [0.15, 0.2) is 11.6 Å². The van der Waals surface area contributed by atoms with Crippen LogP contribution in [-0.2, 0) is 6.42 Å². The van der Waals surface area contributed by atoms with Crippen LogP contribution in [-0.4, -0.2) is 26.1 Å². The molecule has 0 aliphatic heterocycles. The van der Waals surface area contributed by atoms with E-state index < -0.39 is 18.2 Å². The van der Waals surface area contributed by atoms with E-state index in [1.165, 1.54) is 11.6 Å². The number of nitrogens with zero attached hydrogens (tertiary/aromatic N) is 4. The van der Waals surface area contributed by atoms with Gasteiger partial charge in [0, 0.05) is 17.8 Å². The fraction of sp³-hybridized carbons (Fsp3) is 0.250. The molecular formula is C20H19F3N6O. The van der Waals surface area contributed by atoms with E-state index in [2.05, 4.69) is 38.0 Å². The largest absolute Gasteiger partial charge is 0.432 e. The number of nitrogens with two attached hydrogens (primary N) is 1. The fourth-order valence-electron chi connectivity index (χ4n) is 3.40. The standard InChI is InChI=1S/C20H19F3N6O/c1-10-3-5-15-14(7-10)25-11(2)29(15)18-9-17(24)27-20(28-18)26-12-4-6-16(13(21)8-12)30-19(22)23/h4,6-9,19H,3,5H2,1-2H3,(H3,24,26,27,28). The number of allylic oxidation sites excluding steroid dienone is 1. The van der Waals surface area contributed by atoms with Crippen LogP contribution >= 0.6 is 0 Å². The predicted molar refractivity (Wildman–Crippen MR) is 107 cm³/mol. The summed E-state index contributed by atoms with van der Waals surface area (Å²) < 4.78 is 44.6. The van der Waals surface area contributed by atoms with E-state index in [1.807, 2.05) is 11.5 Å². The van der Waals surface area contributed by atoms with Gasteiger partial charge in [-0.3, -0.25) is 4.57 Å². The maximum Gasteiger partial charge on any atom is 0.387 e. The molecule has 10 heteroatoms. The number of nitrogen functional groups attached to an aromatic ring is 1. The molecule has 1 aromatic carbocycles. The van der Waals surface area contributed by atoms with Gasteiger partial charge in [-0.15, -0.1) is 0 Å². The number of rotatable bonds is 5. The van der Waals surface area contributed by atoms with E-state index >= 15 is 0 Å². The van der Waals surface area contributed by atoms with Gasteiger partial charge in [-0.1, -0.05) is 5.57 Å². The number of ether oxygens (including phenoxy) is 1. The van der Waals surface area contributed by atoms with Crippen molar-refractivity contribution in [2.75, 3.05) is 11.1 Å². The zero-order valence-electron chi connectivity index (χ0n) is 16.3. The van der Waals surface area contributed by atoms with Gasteiger partial charge < -0.3 is 15.8 Å². The van der Waals surface area contributed by atoms with Gasteiger partial charge in [0.2, 0.25) is 5.95 Å². The Balaban J connectivity index is 1.66. The Morgan fingerprint density at radius 2 is 1.93 bits per heavy atom. The third-order valence-corrected chi connectivity index (χ3v) is 4.68. The van der Waals surface area contributed by atoms with Gasteiger partial charge in [0.1, 0.15) is 17.5 Å². The average Bonchev–Trinajstić information content (AvgIpc) is 2.98. The number of fused-ring (bicyclic) bond motifs is 1. The Bertz CT molecular complexity index is 1140. The second kappa shape index (κ2) is 7.69. The van der Waals surface area contributed by atoms with E-state index in [4.69, 9.17) is 5.73 Å². The maximum absolute atomic E-state index is 14.0. The average molecular weight is 416 g/mol. The molecule has 156 valence electrons. The highest BCUT2D eigenvalue weighted by Crippen LogP contribution is 2.28. The quantitative estimate of drug-likeness (QED) is 0.641. The van der Waals surface area contributed by atoms with Crippen molar-refractivity contribution >= 4 is 23.5 Å². The molecular weight excluding hydrogens is 397 g/mol. The van der Waals surface area contributed by atoms with Gasteiger partial charge in [-0.05, 0) is 44.9 Å². The molecule has 0 spiro atoms. The Hall–Kier alpha value is -3.56. The molecule has 30 heavy (non-hydrogen) atoms. The summed E-state index contributed by atoms with van der Waals surface area (Å²) in [5, 5.41) is 2.84. The molecule has 3 aromatic rings. The topological polar surface area (TPSA) is 90.9 Å². The second-order valence-electron chi connectivity index (χ2n) is 6.94. The zero-order chi connectivity index (χ0) is 21.4. The minimum absolute atomic E-state index is 0.135. The summed E-state index contributed by atoms with van der Waals surface area (Å²) in [4.78, 5) is 13.2. The number of hydrogen-bond donors (Lipinski definition) is 2. The lowest BCUT2D eigenvalue weighted by molar-refractivity contribution is -0.0521. The van der Waals surface area contributed by atoms with Crippen molar-refractivity contribution < 1.29 is 17.9 Å². The van der Waals surface area contributed by atoms with Crippen LogP contribution in [0.2, 0.25) is 0 Å². The number of halogens is 3. The second-order valence-corrected chi connectivity index (χ2v) is 6.94. The Labute approximate surface area is 170 Å². The van der Waals surface area contributed by atoms with Crippen LogP contribution in [0.25, 0.3) is 11.9 Å². The minimum Gasteiger partial charge on any atom is -0.432 e. The van der Waals surface area contributed by atoms with Crippen LogP contribution in [0.5, 0.6) is 5.75 Å². The van der Waals surface area contributed by atoms with E-state index in [9.17, 15) is 13.2 Å². The van der Waals surface area contributed by atoms with E-state index in [0.29, 0.717) is 5.82 Å². The summed E-state index contributed by atoms with van der Waals surface area (Å²) >= 11 is 0. The van der Waals surface area contributed by atoms with Crippen molar-refractivity contribution in [2.45, 2.75) is 33.3 Å². The third kappa shape index (κ3) is 3.93. The molecule has 0 atom stereocenters. The lowest BCUT2D eigenvalue weighted by Gasteiger charge is -2.15. The predicted octanol–water partition coefficient (Wildman–Crippen LogP) is 4.39. The minimum atomic E-state index is -3.11. The number of anilines is 3. The third-order valence-electron chi connectivity index (χ3n) is 4.68. The Morgan fingerprint density at radius 3 is 2.67 bits per heavy atom. The number of aromatic nitrogens is 4. The molecule has 1 aliphatic carbocycles. The van der Waals surface area contributed by atoms with Crippen LogP contribution in [0.15, 0.2) is 29.8 Å². The maximum atomic E-state index is 14.0. The van der Waals surface area contributed by atoms with Crippen molar-refractivity contribution in [3.63, 3.8) is 0 Å². The van der Waals surface area contributed by atoms with Gasteiger partial charge in [-0.2, -0.15) is 18.7 Å². The van der Waals surface area contributed by atoms with Crippen LogP contribution in [0, 0.1) is 12.7 Å². The van der Waals surface area contributed by atoms with Crippen LogP contribution in [0.1, 0.15) is 30.6 Å². The summed E-state index contributed by atoms with van der Waals surface area (Å²) in [6.07, 6.45) is 3.80. The van der Waals surface area contributed by atoms with Gasteiger partial charge in [0.05, 0.1) is 11.4 Å². The molecule has 2 aromatic heterocycles. The first-order valence-corrected chi connectivity index (χ1v) is 9.22. The molecule has 0 saturated heterocycles. The molecule has 0 amide bonds. The molecule has 3 N–H and O–H groups in total. The molecule has 0 unspecified atom stereocenters. The monoisotopic (exact) mass is 416 g/mol. The normalized spacial score (nSPS) is 13.2. The number of aryl methyl sites for hydroxylation is 1. The lowest BCUT2D eigenvalue weighted by atomic mass is 10.0. The first-order chi connectivity index (χ1) is 14.3. The van der Waals surface area contributed by atoms with Crippen molar-refractivity contribution in [1.82, 2.24) is 19.5 Å². The molecule has 2 heterocycles. The van der Waals surface area contributed by atoms with Crippen molar-refractivity contribution in [2.24, 2.45) is 0 Å². The summed E-state index contributed by atoms with van der Waals surface area (Å²) in [5.41, 5.74) is 9.41. The molecule has 4 rings (SSSR count). The van der Waals surface area contributed by atoms with Crippen molar-refractivity contribution in [1.29, 1.82) is 0 Å². The number of alkyl halides is 2. The van der Waals surface area contributed by atoms with Crippen LogP contribution in [0.4, 0.5) is 30.6 Å². The highest BCUT2D eigenvalue weighted by atomic mass is 19.3. The summed E-state index contributed by atoms with van der Waals surface area (Å²) in [7, 11) is 0. The van der Waals surface area contributed by atoms with E-state index in [1.54, 1.807) is 6.07 Å². The highest BCUT2D eigenvalue weighted by Gasteiger charge is 2.20. The first kappa shape index (κ1) is 19.7. The highest BCUT2D eigenvalue weighted by molar-refractivity contribution is 5.59. The zero-order valence-corrected chi connectivity index (χ0v) is 16.3. The van der Waals surface area contributed by atoms with Crippen LogP contribution < -0.4 is 15.8 Å². The Morgan fingerprint density at radius 1 is 1.13 bits per heavy atom.